The van der Waals surface area contributed by atoms with Gasteiger partial charge >= 0.3 is 0 Å². The first-order valence-corrected chi connectivity index (χ1v) is 11.7. The van der Waals surface area contributed by atoms with E-state index in [-0.39, 0.29) is 5.97 Å². The predicted octanol–water partition coefficient (Wildman–Crippen LogP) is 5.57. The summed E-state index contributed by atoms with van der Waals surface area (Å²) in [7, 11) is -1.89. The van der Waals surface area contributed by atoms with Gasteiger partial charge in [0.1, 0.15) is 0 Å². The zero-order valence-corrected chi connectivity index (χ0v) is 15.2. The number of nitrogens with zero attached hydrogens (tertiary/aromatic N) is 1. The van der Waals surface area contributed by atoms with E-state index >= 15 is 0 Å². The van der Waals surface area contributed by atoms with E-state index in [2.05, 4.69) is 26.1 Å². The van der Waals surface area contributed by atoms with Crippen LogP contribution in [0.25, 0.3) is 0 Å². The van der Waals surface area contributed by atoms with Crippen molar-refractivity contribution >= 4 is 14.3 Å². The lowest BCUT2D eigenvalue weighted by atomic mass is 10.1. The summed E-state index contributed by atoms with van der Waals surface area (Å²) in [5.74, 6) is -0.0328. The van der Waals surface area contributed by atoms with Crippen LogP contribution in [0.2, 0.25) is 19.1 Å². The molecule has 0 fully saturated rings. The van der Waals surface area contributed by atoms with Crippen LogP contribution in [0.1, 0.15) is 77.6 Å². The first-order chi connectivity index (χ1) is 10.0. The van der Waals surface area contributed by atoms with Crippen molar-refractivity contribution < 1.29 is 9.22 Å². The molecule has 0 N–H and O–H groups in total. The van der Waals surface area contributed by atoms with E-state index in [1.54, 1.807) is 0 Å². The molecule has 0 saturated heterocycles. The van der Waals surface area contributed by atoms with E-state index in [1.165, 1.54) is 38.5 Å². The minimum atomic E-state index is -1.89. The Morgan fingerprint density at radius 2 is 1.57 bits per heavy atom. The summed E-state index contributed by atoms with van der Waals surface area (Å²) >= 11 is 0. The summed E-state index contributed by atoms with van der Waals surface area (Å²) in [5, 5.41) is 8.54. The molecule has 0 bridgehead atoms. The third kappa shape index (κ3) is 13.9. The van der Waals surface area contributed by atoms with E-state index in [9.17, 15) is 4.79 Å². The van der Waals surface area contributed by atoms with Gasteiger partial charge in [0.05, 0.1) is 6.07 Å². The average molecular weight is 312 g/mol. The van der Waals surface area contributed by atoms with E-state index in [4.69, 9.17) is 9.69 Å². The SMILES string of the molecule is CCCCCCCCCCC(=O)O[Si](C)(C)CCCC#N. The fourth-order valence-electron chi connectivity index (χ4n) is 2.41. The number of hydrogen-bond acceptors (Lipinski definition) is 3. The molecule has 122 valence electrons. The van der Waals surface area contributed by atoms with Crippen molar-refractivity contribution in [2.24, 2.45) is 0 Å². The third-order valence-electron chi connectivity index (χ3n) is 3.69. The lowest BCUT2D eigenvalue weighted by Crippen LogP contribution is -2.33. The van der Waals surface area contributed by atoms with Crippen LogP contribution < -0.4 is 0 Å². The number of rotatable bonds is 13. The van der Waals surface area contributed by atoms with Crippen LogP contribution in [0.3, 0.4) is 0 Å². The zero-order chi connectivity index (χ0) is 16.0. The molecule has 0 aliphatic heterocycles. The molecule has 0 rings (SSSR count). The predicted molar refractivity (Wildman–Crippen MR) is 90.5 cm³/mol. The highest BCUT2D eigenvalue weighted by molar-refractivity contribution is 6.72. The molecule has 0 unspecified atom stereocenters. The highest BCUT2D eigenvalue weighted by Gasteiger charge is 2.25. The van der Waals surface area contributed by atoms with E-state index < -0.39 is 8.32 Å². The molecule has 0 amide bonds. The third-order valence-corrected chi connectivity index (χ3v) is 6.03. The highest BCUT2D eigenvalue weighted by Crippen LogP contribution is 2.17. The molecular formula is C17H33NO2Si. The molecule has 0 heterocycles. The lowest BCUT2D eigenvalue weighted by Gasteiger charge is -2.22. The average Bonchev–Trinajstić information content (AvgIpc) is 2.41. The van der Waals surface area contributed by atoms with Crippen LogP contribution in [-0.4, -0.2) is 14.3 Å². The van der Waals surface area contributed by atoms with Gasteiger partial charge in [0.25, 0.3) is 5.97 Å². The minimum absolute atomic E-state index is 0.0328. The summed E-state index contributed by atoms with van der Waals surface area (Å²) in [4.78, 5) is 11.8. The first kappa shape index (κ1) is 20.2. The molecule has 3 nitrogen and oxygen atoms in total. The molecule has 0 radical (unpaired) electrons. The molecule has 0 aromatic heterocycles. The summed E-state index contributed by atoms with van der Waals surface area (Å²) in [6.07, 6.45) is 11.9. The number of carbonyl (C=O) groups excluding carboxylic acids is 1. The summed E-state index contributed by atoms with van der Waals surface area (Å²) in [6.45, 7) is 6.36. The van der Waals surface area contributed by atoms with Gasteiger partial charge in [-0.3, -0.25) is 4.79 Å². The molecule has 0 saturated carbocycles. The maximum absolute atomic E-state index is 11.8. The molecule has 0 aliphatic carbocycles. The highest BCUT2D eigenvalue weighted by atomic mass is 28.4. The smallest absolute Gasteiger partial charge is 0.292 e. The van der Waals surface area contributed by atoms with E-state index in [0.717, 1.165) is 25.3 Å². The summed E-state index contributed by atoms with van der Waals surface area (Å²) < 4.78 is 5.63. The van der Waals surface area contributed by atoms with Crippen molar-refractivity contribution in [2.75, 3.05) is 0 Å². The minimum Gasteiger partial charge on any atom is -0.520 e. The van der Waals surface area contributed by atoms with Crippen LogP contribution >= 0.6 is 0 Å². The fourth-order valence-corrected chi connectivity index (χ4v) is 4.26. The Hall–Kier alpha value is -0.823. The monoisotopic (exact) mass is 311 g/mol. The molecule has 0 atom stereocenters. The summed E-state index contributed by atoms with van der Waals surface area (Å²) in [5.41, 5.74) is 0. The second-order valence-corrected chi connectivity index (χ2v) is 10.7. The normalized spacial score (nSPS) is 11.1. The van der Waals surface area contributed by atoms with Crippen LogP contribution in [0.5, 0.6) is 0 Å². The van der Waals surface area contributed by atoms with Crippen molar-refractivity contribution in [3.8, 4) is 6.07 Å². The lowest BCUT2D eigenvalue weighted by molar-refractivity contribution is -0.135. The topological polar surface area (TPSA) is 50.1 Å². The molecule has 21 heavy (non-hydrogen) atoms. The van der Waals surface area contributed by atoms with Gasteiger partial charge in [-0.25, -0.2) is 0 Å². The Labute approximate surface area is 132 Å². The molecule has 0 aliphatic rings. The number of hydrogen-bond donors (Lipinski definition) is 0. The maximum atomic E-state index is 11.8. The molecule has 0 spiro atoms. The van der Waals surface area contributed by atoms with Crippen LogP contribution in [-0.2, 0) is 9.22 Å². The van der Waals surface area contributed by atoms with Crippen molar-refractivity contribution in [3.05, 3.63) is 0 Å². The van der Waals surface area contributed by atoms with Crippen LogP contribution in [0, 0.1) is 11.3 Å². The van der Waals surface area contributed by atoms with Gasteiger partial charge in [-0.15, -0.1) is 0 Å². The van der Waals surface area contributed by atoms with Crippen LogP contribution in [0.4, 0.5) is 0 Å². The van der Waals surface area contributed by atoms with Gasteiger partial charge in [-0.2, -0.15) is 5.26 Å². The number of nitriles is 1. The van der Waals surface area contributed by atoms with Crippen molar-refractivity contribution in [3.63, 3.8) is 0 Å². The second-order valence-electron chi connectivity index (χ2n) is 6.47. The van der Waals surface area contributed by atoms with Crippen molar-refractivity contribution in [1.29, 1.82) is 5.26 Å². The maximum Gasteiger partial charge on any atom is 0.292 e. The first-order valence-electron chi connectivity index (χ1n) is 8.60. The van der Waals surface area contributed by atoms with Crippen LogP contribution in [0.15, 0.2) is 0 Å². The van der Waals surface area contributed by atoms with E-state index in [1.807, 2.05) is 0 Å². The Morgan fingerprint density at radius 1 is 1.00 bits per heavy atom. The Kier molecular flexibility index (Phi) is 12.4. The standard InChI is InChI=1S/C17H33NO2Si/c1-4-5-6-7-8-9-10-11-14-17(19)20-21(2,3)16-13-12-15-18/h4-14,16H2,1-3H3. The van der Waals surface area contributed by atoms with Gasteiger partial charge in [0.2, 0.25) is 8.32 Å². The van der Waals surface area contributed by atoms with Gasteiger partial charge < -0.3 is 4.43 Å². The Balaban J connectivity index is 3.55. The van der Waals surface area contributed by atoms with Crippen molar-refractivity contribution in [1.82, 2.24) is 0 Å². The number of unbranched alkanes of at least 4 members (excludes halogenated alkanes) is 8. The molecular weight excluding hydrogens is 278 g/mol. The van der Waals surface area contributed by atoms with Crippen molar-refractivity contribution in [2.45, 2.75) is 96.7 Å². The molecule has 0 aromatic carbocycles. The van der Waals surface area contributed by atoms with Gasteiger partial charge in [-0.05, 0) is 32.0 Å². The Bertz CT molecular complexity index is 310. The second kappa shape index (κ2) is 12.9. The zero-order valence-electron chi connectivity index (χ0n) is 14.2. The Morgan fingerprint density at radius 3 is 2.14 bits per heavy atom. The molecule has 0 aromatic rings. The number of carbonyl (C=O) groups is 1. The molecule has 4 heteroatoms. The quantitative estimate of drug-likeness (QED) is 0.330. The largest absolute Gasteiger partial charge is 0.520 e. The van der Waals surface area contributed by atoms with Gasteiger partial charge in [-0.1, -0.05) is 51.9 Å². The van der Waals surface area contributed by atoms with Gasteiger partial charge in [0, 0.05) is 12.8 Å². The van der Waals surface area contributed by atoms with Gasteiger partial charge in [0.15, 0.2) is 0 Å². The summed E-state index contributed by atoms with van der Waals surface area (Å²) in [6, 6.07) is 3.03. The fraction of sp³-hybridized carbons (Fsp3) is 0.882. The van der Waals surface area contributed by atoms with E-state index in [0.29, 0.717) is 12.8 Å².